The van der Waals surface area contributed by atoms with E-state index in [1.165, 1.54) is 0 Å². The van der Waals surface area contributed by atoms with Crippen LogP contribution in [-0.2, 0) is 20.1 Å². The van der Waals surface area contributed by atoms with Gasteiger partial charge >= 0.3 is 0 Å². The molecular weight excluding hydrogens is 294 g/mol. The molecule has 120 valence electrons. The number of nitrogens with one attached hydrogen (secondary N) is 1. The largest absolute Gasteiger partial charge is 0.454 e. The third-order valence-corrected chi connectivity index (χ3v) is 3.85. The minimum absolute atomic E-state index is 0.237. The fourth-order valence-corrected chi connectivity index (χ4v) is 2.47. The maximum Gasteiger partial charge on any atom is 0.287 e. The van der Waals surface area contributed by atoms with Crippen LogP contribution in [0.1, 0.15) is 33.3 Å². The van der Waals surface area contributed by atoms with Crippen molar-refractivity contribution in [1.29, 1.82) is 0 Å². The Kier molecular flexibility index (Phi) is 4.01. The summed E-state index contributed by atoms with van der Waals surface area (Å²) in [5.41, 5.74) is 3.00. The summed E-state index contributed by atoms with van der Waals surface area (Å²) in [5, 5.41) is 11.3. The Morgan fingerprint density at radius 1 is 1.35 bits per heavy atom. The summed E-state index contributed by atoms with van der Waals surface area (Å²) in [6.45, 7) is 4.85. The SMILES string of the molecule is Cc1nn(C)c(C)c1CNC(=O)c1ccc(Cn2cccn2)o1. The van der Waals surface area contributed by atoms with Gasteiger partial charge in [0.25, 0.3) is 5.91 Å². The van der Waals surface area contributed by atoms with Gasteiger partial charge < -0.3 is 9.73 Å². The molecule has 0 spiro atoms. The van der Waals surface area contributed by atoms with Gasteiger partial charge in [-0.05, 0) is 32.0 Å². The Morgan fingerprint density at radius 2 is 2.17 bits per heavy atom. The zero-order valence-corrected chi connectivity index (χ0v) is 13.4. The number of aromatic nitrogens is 4. The molecule has 23 heavy (non-hydrogen) atoms. The molecule has 1 N–H and O–H groups in total. The van der Waals surface area contributed by atoms with Gasteiger partial charge in [0.15, 0.2) is 5.76 Å². The lowest BCUT2D eigenvalue weighted by atomic mass is 10.2. The van der Waals surface area contributed by atoms with Gasteiger partial charge in [-0.1, -0.05) is 0 Å². The highest BCUT2D eigenvalue weighted by molar-refractivity contribution is 5.91. The third kappa shape index (κ3) is 3.18. The number of hydrogen-bond donors (Lipinski definition) is 1. The lowest BCUT2D eigenvalue weighted by Gasteiger charge is -2.04. The Labute approximate surface area is 133 Å². The summed E-state index contributed by atoms with van der Waals surface area (Å²) in [7, 11) is 1.89. The second-order valence-corrected chi connectivity index (χ2v) is 5.43. The molecule has 0 aliphatic carbocycles. The van der Waals surface area contributed by atoms with E-state index in [-0.39, 0.29) is 5.91 Å². The van der Waals surface area contributed by atoms with E-state index in [0.717, 1.165) is 17.0 Å². The second kappa shape index (κ2) is 6.12. The monoisotopic (exact) mass is 313 g/mol. The van der Waals surface area contributed by atoms with Crippen molar-refractivity contribution in [3.05, 3.63) is 59.1 Å². The third-order valence-electron chi connectivity index (χ3n) is 3.85. The number of nitrogens with zero attached hydrogens (tertiary/aromatic N) is 4. The number of amides is 1. The van der Waals surface area contributed by atoms with Crippen molar-refractivity contribution in [1.82, 2.24) is 24.9 Å². The first-order valence-corrected chi connectivity index (χ1v) is 7.38. The van der Waals surface area contributed by atoms with Gasteiger partial charge in [0, 0.05) is 37.2 Å². The molecule has 0 saturated heterocycles. The first-order chi connectivity index (χ1) is 11.0. The fourth-order valence-electron chi connectivity index (χ4n) is 2.47. The molecule has 0 aliphatic heterocycles. The zero-order valence-electron chi connectivity index (χ0n) is 13.4. The first-order valence-electron chi connectivity index (χ1n) is 7.38. The highest BCUT2D eigenvalue weighted by Gasteiger charge is 2.14. The van der Waals surface area contributed by atoms with Crippen molar-refractivity contribution in [3.63, 3.8) is 0 Å². The molecule has 0 fully saturated rings. The Hall–Kier alpha value is -2.83. The molecule has 1 amide bonds. The number of carbonyl (C=O) groups is 1. The Bertz CT molecular complexity index is 814. The van der Waals surface area contributed by atoms with Crippen molar-refractivity contribution < 1.29 is 9.21 Å². The van der Waals surface area contributed by atoms with E-state index in [1.807, 2.05) is 37.8 Å². The van der Waals surface area contributed by atoms with Crippen LogP contribution >= 0.6 is 0 Å². The summed E-state index contributed by atoms with van der Waals surface area (Å²) < 4.78 is 9.13. The quantitative estimate of drug-likeness (QED) is 0.779. The minimum Gasteiger partial charge on any atom is -0.454 e. The van der Waals surface area contributed by atoms with E-state index in [0.29, 0.717) is 24.6 Å². The van der Waals surface area contributed by atoms with Crippen molar-refractivity contribution in [3.8, 4) is 0 Å². The van der Waals surface area contributed by atoms with Gasteiger partial charge in [0.2, 0.25) is 0 Å². The standard InChI is InChI=1S/C16H19N5O2/c1-11-14(12(2)20(3)19-11)9-17-16(22)15-6-5-13(23-15)10-21-8-4-7-18-21/h4-8H,9-10H2,1-3H3,(H,17,22). The van der Waals surface area contributed by atoms with Crippen molar-refractivity contribution in [2.45, 2.75) is 26.9 Å². The van der Waals surface area contributed by atoms with Crippen LogP contribution in [0, 0.1) is 13.8 Å². The minimum atomic E-state index is -0.237. The molecule has 3 rings (SSSR count). The van der Waals surface area contributed by atoms with Crippen LogP contribution in [0.15, 0.2) is 35.0 Å². The molecule has 0 aromatic carbocycles. The molecule has 0 atom stereocenters. The Balaban J connectivity index is 1.63. The highest BCUT2D eigenvalue weighted by atomic mass is 16.4. The van der Waals surface area contributed by atoms with E-state index < -0.39 is 0 Å². The van der Waals surface area contributed by atoms with Gasteiger partial charge in [-0.2, -0.15) is 10.2 Å². The molecule has 7 heteroatoms. The van der Waals surface area contributed by atoms with Crippen LogP contribution in [0.2, 0.25) is 0 Å². The molecule has 0 aliphatic rings. The van der Waals surface area contributed by atoms with Gasteiger partial charge in [-0.25, -0.2) is 0 Å². The topological polar surface area (TPSA) is 77.9 Å². The maximum atomic E-state index is 12.2. The first kappa shape index (κ1) is 15.1. The summed E-state index contributed by atoms with van der Waals surface area (Å²) in [4.78, 5) is 12.2. The highest BCUT2D eigenvalue weighted by Crippen LogP contribution is 2.13. The average molecular weight is 313 g/mol. The number of furan rings is 1. The predicted molar refractivity (Wildman–Crippen MR) is 83.9 cm³/mol. The van der Waals surface area contributed by atoms with E-state index in [4.69, 9.17) is 4.42 Å². The predicted octanol–water partition coefficient (Wildman–Crippen LogP) is 1.80. The molecule has 0 unspecified atom stereocenters. The van der Waals surface area contributed by atoms with Crippen LogP contribution in [0.3, 0.4) is 0 Å². The van der Waals surface area contributed by atoms with Crippen molar-refractivity contribution in [2.24, 2.45) is 7.05 Å². The van der Waals surface area contributed by atoms with Crippen molar-refractivity contribution >= 4 is 5.91 Å². The maximum absolute atomic E-state index is 12.2. The van der Waals surface area contributed by atoms with Crippen molar-refractivity contribution in [2.75, 3.05) is 0 Å². The zero-order chi connectivity index (χ0) is 16.4. The van der Waals surface area contributed by atoms with E-state index in [1.54, 1.807) is 23.0 Å². The van der Waals surface area contributed by atoms with Crippen LogP contribution in [0.25, 0.3) is 0 Å². The summed E-state index contributed by atoms with van der Waals surface area (Å²) >= 11 is 0. The fraction of sp³-hybridized carbons (Fsp3) is 0.312. The van der Waals surface area contributed by atoms with Crippen LogP contribution in [0.5, 0.6) is 0 Å². The number of aryl methyl sites for hydroxylation is 2. The molecular formula is C16H19N5O2. The summed E-state index contributed by atoms with van der Waals surface area (Å²) in [6.07, 6.45) is 3.55. The molecule has 7 nitrogen and oxygen atoms in total. The van der Waals surface area contributed by atoms with Gasteiger partial charge in [0.1, 0.15) is 5.76 Å². The molecule has 0 bridgehead atoms. The molecule has 0 radical (unpaired) electrons. The molecule has 3 aromatic heterocycles. The number of carbonyl (C=O) groups excluding carboxylic acids is 1. The van der Waals surface area contributed by atoms with Crippen LogP contribution < -0.4 is 5.32 Å². The van der Waals surface area contributed by atoms with Gasteiger partial charge in [-0.3, -0.25) is 14.2 Å². The van der Waals surface area contributed by atoms with Gasteiger partial charge in [0.05, 0.1) is 12.2 Å². The molecule has 3 heterocycles. The normalized spacial score (nSPS) is 10.9. The lowest BCUT2D eigenvalue weighted by molar-refractivity contribution is 0.0921. The lowest BCUT2D eigenvalue weighted by Crippen LogP contribution is -2.23. The molecule has 0 saturated carbocycles. The Morgan fingerprint density at radius 3 is 2.83 bits per heavy atom. The van der Waals surface area contributed by atoms with E-state index in [2.05, 4.69) is 15.5 Å². The van der Waals surface area contributed by atoms with E-state index in [9.17, 15) is 4.79 Å². The average Bonchev–Trinajstić information content (AvgIpc) is 3.23. The smallest absolute Gasteiger partial charge is 0.287 e. The van der Waals surface area contributed by atoms with E-state index >= 15 is 0 Å². The van der Waals surface area contributed by atoms with Crippen LogP contribution in [0.4, 0.5) is 0 Å². The molecule has 3 aromatic rings. The second-order valence-electron chi connectivity index (χ2n) is 5.43. The summed E-state index contributed by atoms with van der Waals surface area (Å²) in [5.74, 6) is 0.748. The number of hydrogen-bond acceptors (Lipinski definition) is 4. The van der Waals surface area contributed by atoms with Gasteiger partial charge in [-0.15, -0.1) is 0 Å². The van der Waals surface area contributed by atoms with Crippen LogP contribution in [-0.4, -0.2) is 25.5 Å². The summed E-state index contributed by atoms with van der Waals surface area (Å²) in [6, 6.07) is 5.31. The number of rotatable bonds is 5.